The molecule has 0 unspecified atom stereocenters. The zero-order valence-electron chi connectivity index (χ0n) is 19.4. The van der Waals surface area contributed by atoms with Crippen LogP contribution in [0, 0.1) is 0 Å². The van der Waals surface area contributed by atoms with Crippen LogP contribution in [0.15, 0.2) is 42.5 Å². The lowest BCUT2D eigenvalue weighted by Gasteiger charge is -2.24. The summed E-state index contributed by atoms with van der Waals surface area (Å²) in [6, 6.07) is 13.2. The zero-order valence-corrected chi connectivity index (χ0v) is 20.9. The van der Waals surface area contributed by atoms with Gasteiger partial charge in [-0.05, 0) is 42.2 Å². The molecule has 2 aromatic carbocycles. The maximum Gasteiger partial charge on any atom is 0.332 e. The lowest BCUT2D eigenvalue weighted by Crippen LogP contribution is -2.29. The Labute approximate surface area is 209 Å². The van der Waals surface area contributed by atoms with Crippen LogP contribution in [-0.2, 0) is 33.5 Å². The highest BCUT2D eigenvalue weighted by Gasteiger charge is 2.36. The summed E-state index contributed by atoms with van der Waals surface area (Å²) in [7, 11) is 1.48. The number of benzene rings is 2. The van der Waals surface area contributed by atoms with E-state index in [2.05, 4.69) is 17.4 Å². The molecule has 34 heavy (non-hydrogen) atoms. The van der Waals surface area contributed by atoms with E-state index in [4.69, 9.17) is 42.6 Å². The van der Waals surface area contributed by atoms with Gasteiger partial charge in [0.15, 0.2) is 0 Å². The zero-order chi connectivity index (χ0) is 24.2. The van der Waals surface area contributed by atoms with Crippen molar-refractivity contribution in [2.24, 2.45) is 0 Å². The fourth-order valence-electron chi connectivity index (χ4n) is 4.32. The summed E-state index contributed by atoms with van der Waals surface area (Å²) in [5, 5.41) is 4.65. The third-order valence-corrected chi connectivity index (χ3v) is 6.46. The van der Waals surface area contributed by atoms with E-state index in [0.717, 1.165) is 33.8 Å². The number of esters is 1. The smallest absolute Gasteiger partial charge is 0.332 e. The van der Waals surface area contributed by atoms with Gasteiger partial charge in [-0.25, -0.2) is 14.8 Å². The first-order valence-corrected chi connectivity index (χ1v) is 12.1. The van der Waals surface area contributed by atoms with Crippen molar-refractivity contribution in [1.29, 1.82) is 0 Å². The van der Waals surface area contributed by atoms with Gasteiger partial charge >= 0.3 is 5.97 Å². The minimum atomic E-state index is -0.393. The van der Waals surface area contributed by atoms with Gasteiger partial charge in [-0.15, -0.1) is 0 Å². The molecule has 2 atom stereocenters. The number of carbonyl (C=O) groups is 1. The molecule has 0 radical (unpaired) electrons. The predicted molar refractivity (Wildman–Crippen MR) is 135 cm³/mol. The van der Waals surface area contributed by atoms with E-state index in [1.54, 1.807) is 12.1 Å². The van der Waals surface area contributed by atoms with Gasteiger partial charge in [-0.3, -0.25) is 0 Å². The van der Waals surface area contributed by atoms with E-state index in [1.165, 1.54) is 7.11 Å². The fourth-order valence-corrected chi connectivity index (χ4v) is 4.82. The summed E-state index contributed by atoms with van der Waals surface area (Å²) in [5.74, 6) is 0.290. The largest absolute Gasteiger partial charge is 0.458 e. The van der Waals surface area contributed by atoms with E-state index < -0.39 is 5.97 Å². The number of carbonyl (C=O) groups excluding carboxylic acids is 1. The maximum absolute atomic E-state index is 12.2. The van der Waals surface area contributed by atoms with E-state index in [1.807, 2.05) is 32.0 Å². The van der Waals surface area contributed by atoms with Crippen molar-refractivity contribution >= 4 is 35.0 Å². The maximum atomic E-state index is 12.2. The number of nitrogens with one attached hydrogen (secondary N) is 1. The Balaban J connectivity index is 1.72. The monoisotopic (exact) mass is 499 g/mol. The van der Waals surface area contributed by atoms with Crippen molar-refractivity contribution in [1.82, 2.24) is 9.97 Å². The highest BCUT2D eigenvalue weighted by molar-refractivity contribution is 6.36. The summed E-state index contributed by atoms with van der Waals surface area (Å²) in [6.45, 7) is 3.98. The third-order valence-electron chi connectivity index (χ3n) is 5.92. The van der Waals surface area contributed by atoms with Crippen LogP contribution in [-0.4, -0.2) is 35.8 Å². The van der Waals surface area contributed by atoms with Crippen LogP contribution in [0.4, 0.5) is 5.82 Å². The fraction of sp³-hybridized carbons (Fsp3) is 0.346. The van der Waals surface area contributed by atoms with Crippen molar-refractivity contribution in [3.8, 4) is 11.3 Å². The molecule has 1 N–H and O–H groups in total. The topological polar surface area (TPSA) is 73.3 Å². The molecular formula is C26H27Cl2N3O3. The predicted octanol–water partition coefficient (Wildman–Crippen LogP) is 5.84. The van der Waals surface area contributed by atoms with E-state index in [0.29, 0.717) is 35.1 Å². The standard InChI is InChI=1S/C26H27Cl2N3O3/c1-4-20-24(18-11-10-16(27)13-19(18)28)29-21(5-2)26(30-20)31-25-17-9-7-6-8-15(17)12-22(25)34-23(32)14-33-3/h6-11,13,22,25H,4-5,12,14H2,1-3H3,(H,30,31)/t22-,25-/m0/s1. The second-order valence-electron chi connectivity index (χ2n) is 8.13. The van der Waals surface area contributed by atoms with E-state index >= 15 is 0 Å². The molecule has 0 aliphatic heterocycles. The Morgan fingerprint density at radius 3 is 2.56 bits per heavy atom. The number of hydrogen-bond acceptors (Lipinski definition) is 6. The molecule has 3 aromatic rings. The minimum absolute atomic E-state index is 0.0872. The summed E-state index contributed by atoms with van der Waals surface area (Å²) < 4.78 is 10.7. The van der Waals surface area contributed by atoms with Gasteiger partial charge in [0.25, 0.3) is 0 Å². The van der Waals surface area contributed by atoms with Crippen LogP contribution in [0.5, 0.6) is 0 Å². The summed E-state index contributed by atoms with van der Waals surface area (Å²) in [4.78, 5) is 22.1. The Morgan fingerprint density at radius 2 is 1.85 bits per heavy atom. The molecule has 8 heteroatoms. The van der Waals surface area contributed by atoms with E-state index in [9.17, 15) is 4.79 Å². The van der Waals surface area contributed by atoms with Crippen molar-refractivity contribution < 1.29 is 14.3 Å². The number of halogens is 2. The van der Waals surface area contributed by atoms with Crippen LogP contribution in [0.25, 0.3) is 11.3 Å². The van der Waals surface area contributed by atoms with Crippen molar-refractivity contribution in [2.75, 3.05) is 19.0 Å². The number of nitrogens with zero attached hydrogens (tertiary/aromatic N) is 2. The third kappa shape index (κ3) is 5.04. The molecule has 1 aliphatic rings. The molecule has 0 amide bonds. The van der Waals surface area contributed by atoms with Crippen LogP contribution in [0.2, 0.25) is 10.0 Å². The number of aromatic nitrogens is 2. The number of anilines is 1. The Kier molecular flexibility index (Phi) is 7.71. The first kappa shape index (κ1) is 24.5. The molecule has 0 saturated heterocycles. The van der Waals surface area contributed by atoms with Crippen molar-refractivity contribution in [3.05, 3.63) is 75.0 Å². The molecule has 1 aliphatic carbocycles. The van der Waals surface area contributed by atoms with Crippen LogP contribution < -0.4 is 5.32 Å². The number of methoxy groups -OCH3 is 1. The molecule has 4 rings (SSSR count). The molecule has 1 aromatic heterocycles. The quantitative estimate of drug-likeness (QED) is 0.392. The van der Waals surface area contributed by atoms with Crippen LogP contribution in [0.3, 0.4) is 0 Å². The Hall–Kier alpha value is -2.67. The molecule has 0 spiro atoms. The number of fused-ring (bicyclic) bond motifs is 1. The summed E-state index contributed by atoms with van der Waals surface area (Å²) >= 11 is 12.6. The van der Waals surface area contributed by atoms with Gasteiger partial charge in [0.1, 0.15) is 18.5 Å². The number of ether oxygens (including phenoxy) is 2. The van der Waals surface area contributed by atoms with Crippen molar-refractivity contribution in [3.63, 3.8) is 0 Å². The van der Waals surface area contributed by atoms with Gasteiger partial charge in [0.05, 0.1) is 28.1 Å². The molecular weight excluding hydrogens is 473 g/mol. The van der Waals surface area contributed by atoms with Crippen LogP contribution >= 0.6 is 23.2 Å². The SMILES string of the molecule is CCc1nc(-c2ccc(Cl)cc2Cl)c(CC)nc1N[C@H]1c2ccccc2C[C@@H]1OC(=O)COC. The Morgan fingerprint density at radius 1 is 1.09 bits per heavy atom. The van der Waals surface area contributed by atoms with E-state index in [-0.39, 0.29) is 18.8 Å². The summed E-state index contributed by atoms with van der Waals surface area (Å²) in [6.07, 6.45) is 1.59. The lowest BCUT2D eigenvalue weighted by molar-refractivity contribution is -0.153. The van der Waals surface area contributed by atoms with Gasteiger partial charge in [-0.1, -0.05) is 61.3 Å². The summed E-state index contributed by atoms with van der Waals surface area (Å²) in [5.41, 5.74) is 5.41. The average molecular weight is 500 g/mol. The van der Waals surface area contributed by atoms with Crippen LogP contribution in [0.1, 0.15) is 42.4 Å². The Bertz CT molecular complexity index is 1200. The normalized spacial score (nSPS) is 16.9. The van der Waals surface area contributed by atoms with Gasteiger partial charge in [-0.2, -0.15) is 0 Å². The first-order valence-electron chi connectivity index (χ1n) is 11.3. The van der Waals surface area contributed by atoms with Crippen molar-refractivity contribution in [2.45, 2.75) is 45.3 Å². The molecule has 178 valence electrons. The van der Waals surface area contributed by atoms with Gasteiger partial charge in [0, 0.05) is 24.1 Å². The second kappa shape index (κ2) is 10.7. The van der Waals surface area contributed by atoms with Gasteiger partial charge < -0.3 is 14.8 Å². The second-order valence-corrected chi connectivity index (χ2v) is 8.98. The number of aryl methyl sites for hydroxylation is 2. The first-order chi connectivity index (χ1) is 16.4. The highest BCUT2D eigenvalue weighted by Crippen LogP contribution is 2.38. The molecule has 0 bridgehead atoms. The number of hydrogen-bond donors (Lipinski definition) is 1. The lowest BCUT2D eigenvalue weighted by atomic mass is 10.1. The number of rotatable bonds is 8. The average Bonchev–Trinajstić information content (AvgIpc) is 3.16. The molecule has 1 heterocycles. The van der Waals surface area contributed by atoms with Gasteiger partial charge in [0.2, 0.25) is 0 Å². The minimum Gasteiger partial charge on any atom is -0.458 e. The highest BCUT2D eigenvalue weighted by atomic mass is 35.5. The molecule has 0 fully saturated rings. The molecule has 6 nitrogen and oxygen atoms in total. The molecule has 0 saturated carbocycles.